The largest absolute Gasteiger partial charge is 0.496 e. The molecule has 2 aromatic rings. The minimum atomic E-state index is -0.640. The molecule has 0 aliphatic heterocycles. The van der Waals surface area contributed by atoms with Crippen LogP contribution in [0.3, 0.4) is 0 Å². The van der Waals surface area contributed by atoms with Gasteiger partial charge in [0.2, 0.25) is 17.7 Å². The van der Waals surface area contributed by atoms with Crippen LogP contribution in [0.15, 0.2) is 30.5 Å². The number of nitrogens with zero attached hydrogens (tertiary/aromatic N) is 1. The number of pyridine rings is 1. The van der Waals surface area contributed by atoms with Crippen LogP contribution in [0.4, 0.5) is 14.6 Å². The molecule has 1 aromatic heterocycles. The number of rotatable bonds is 9. The summed E-state index contributed by atoms with van der Waals surface area (Å²) in [5, 5.41) is 8.44. The van der Waals surface area contributed by atoms with E-state index < -0.39 is 17.7 Å². The number of halogens is 2. The Hall–Kier alpha value is -3.56. The van der Waals surface area contributed by atoms with Crippen LogP contribution in [0.2, 0.25) is 0 Å². The first-order valence-corrected chi connectivity index (χ1v) is 12.4. The highest BCUT2D eigenvalue weighted by Crippen LogP contribution is 2.34. The highest BCUT2D eigenvalue weighted by atomic mass is 19.1. The van der Waals surface area contributed by atoms with Crippen molar-refractivity contribution in [2.45, 2.75) is 65.0 Å². The van der Waals surface area contributed by atoms with E-state index in [9.17, 15) is 23.2 Å². The average Bonchev–Trinajstić information content (AvgIpc) is 2.84. The van der Waals surface area contributed by atoms with Gasteiger partial charge in [0, 0.05) is 36.1 Å². The number of methoxy groups -OCH3 is 1. The Labute approximate surface area is 215 Å². The van der Waals surface area contributed by atoms with Gasteiger partial charge in [-0.1, -0.05) is 20.3 Å². The predicted molar refractivity (Wildman–Crippen MR) is 136 cm³/mol. The summed E-state index contributed by atoms with van der Waals surface area (Å²) in [6.07, 6.45) is 4.05. The van der Waals surface area contributed by atoms with Gasteiger partial charge in [0.1, 0.15) is 29.2 Å². The van der Waals surface area contributed by atoms with Crippen molar-refractivity contribution in [3.8, 4) is 16.9 Å². The summed E-state index contributed by atoms with van der Waals surface area (Å²) >= 11 is 0. The zero-order valence-electron chi connectivity index (χ0n) is 21.6. The minimum absolute atomic E-state index is 0.116. The molecule has 1 saturated carbocycles. The first kappa shape index (κ1) is 28.0. The van der Waals surface area contributed by atoms with Gasteiger partial charge in [-0.05, 0) is 49.8 Å². The Kier molecular flexibility index (Phi) is 9.54. The minimum Gasteiger partial charge on any atom is -0.496 e. The van der Waals surface area contributed by atoms with Crippen molar-refractivity contribution in [3.05, 3.63) is 42.1 Å². The highest BCUT2D eigenvalue weighted by molar-refractivity contribution is 5.92. The SMILES string of the molecule is COc1cc(F)ccc1-c1cc(NC(=O)[C@H]2CCCC(NC(=O)[C@H](CC(C)C)NC(C)=O)C2)ncc1F. The van der Waals surface area contributed by atoms with Gasteiger partial charge < -0.3 is 20.7 Å². The Balaban J connectivity index is 1.68. The summed E-state index contributed by atoms with van der Waals surface area (Å²) in [7, 11) is 1.36. The molecule has 1 aromatic carbocycles. The second-order valence-corrected chi connectivity index (χ2v) is 9.83. The van der Waals surface area contributed by atoms with Crippen molar-refractivity contribution in [2.24, 2.45) is 11.8 Å². The van der Waals surface area contributed by atoms with Crippen LogP contribution < -0.4 is 20.7 Å². The van der Waals surface area contributed by atoms with E-state index in [0.717, 1.165) is 25.1 Å². The maximum absolute atomic E-state index is 14.6. The summed E-state index contributed by atoms with van der Waals surface area (Å²) in [5.74, 6) is -1.82. The van der Waals surface area contributed by atoms with Gasteiger partial charge in [0.25, 0.3) is 0 Å². The van der Waals surface area contributed by atoms with Crippen LogP contribution in [0.1, 0.15) is 52.9 Å². The van der Waals surface area contributed by atoms with Crippen LogP contribution in [0.5, 0.6) is 5.75 Å². The lowest BCUT2D eigenvalue weighted by atomic mass is 9.85. The van der Waals surface area contributed by atoms with Crippen molar-refractivity contribution in [3.63, 3.8) is 0 Å². The number of hydrogen-bond donors (Lipinski definition) is 3. The van der Waals surface area contributed by atoms with Crippen LogP contribution in [-0.4, -0.2) is 41.9 Å². The normalized spacial score (nSPS) is 18.1. The number of carbonyl (C=O) groups is 3. The lowest BCUT2D eigenvalue weighted by Crippen LogP contribution is -2.51. The van der Waals surface area contributed by atoms with Gasteiger partial charge in [0.05, 0.1) is 13.3 Å². The number of nitrogens with one attached hydrogen (secondary N) is 3. The summed E-state index contributed by atoms with van der Waals surface area (Å²) < 4.78 is 33.3. The van der Waals surface area contributed by atoms with Gasteiger partial charge in [-0.2, -0.15) is 0 Å². The lowest BCUT2D eigenvalue weighted by Gasteiger charge is -2.30. The first-order chi connectivity index (χ1) is 17.6. The molecule has 3 rings (SSSR count). The number of aromatic nitrogens is 1. The van der Waals surface area contributed by atoms with E-state index in [1.807, 2.05) is 13.8 Å². The molecule has 37 heavy (non-hydrogen) atoms. The van der Waals surface area contributed by atoms with Crippen LogP contribution in [-0.2, 0) is 14.4 Å². The third kappa shape index (κ3) is 7.71. The third-order valence-electron chi connectivity index (χ3n) is 6.35. The molecule has 0 radical (unpaired) electrons. The van der Waals surface area contributed by atoms with Gasteiger partial charge >= 0.3 is 0 Å². The van der Waals surface area contributed by atoms with Crippen molar-refractivity contribution in [1.29, 1.82) is 0 Å². The molecule has 200 valence electrons. The topological polar surface area (TPSA) is 109 Å². The standard InChI is InChI=1S/C27H34F2N4O4/c1-15(2)10-23(31-16(3)34)27(36)32-19-7-5-6-17(11-19)26(35)33-25-13-21(22(29)14-30-25)20-9-8-18(28)12-24(20)37-4/h8-9,12-15,17,19,23H,5-7,10-11H2,1-4H3,(H,31,34)(H,32,36)(H,30,33,35)/t17-,19?,23-/m0/s1. The number of amides is 3. The quantitative estimate of drug-likeness (QED) is 0.463. The summed E-state index contributed by atoms with van der Waals surface area (Å²) in [6.45, 7) is 5.33. The zero-order chi connectivity index (χ0) is 27.1. The van der Waals surface area contributed by atoms with Crippen molar-refractivity contribution in [1.82, 2.24) is 15.6 Å². The molecule has 0 spiro atoms. The molecule has 8 nitrogen and oxygen atoms in total. The number of hydrogen-bond acceptors (Lipinski definition) is 5. The molecule has 1 unspecified atom stereocenters. The van der Waals surface area contributed by atoms with Crippen molar-refractivity contribution < 1.29 is 27.9 Å². The Morgan fingerprint density at radius 2 is 1.89 bits per heavy atom. The molecular formula is C27H34F2N4O4. The van der Waals surface area contributed by atoms with Gasteiger partial charge in [-0.3, -0.25) is 14.4 Å². The van der Waals surface area contributed by atoms with Gasteiger partial charge in [0.15, 0.2) is 0 Å². The van der Waals surface area contributed by atoms with E-state index in [0.29, 0.717) is 24.8 Å². The fourth-order valence-electron chi connectivity index (χ4n) is 4.64. The van der Waals surface area contributed by atoms with E-state index in [4.69, 9.17) is 4.74 Å². The smallest absolute Gasteiger partial charge is 0.242 e. The number of benzene rings is 1. The van der Waals surface area contributed by atoms with E-state index in [2.05, 4.69) is 20.9 Å². The van der Waals surface area contributed by atoms with Crippen LogP contribution in [0.25, 0.3) is 11.1 Å². The number of ether oxygens (including phenoxy) is 1. The van der Waals surface area contributed by atoms with Crippen molar-refractivity contribution >= 4 is 23.5 Å². The fraction of sp³-hybridized carbons (Fsp3) is 0.481. The van der Waals surface area contributed by atoms with Crippen molar-refractivity contribution in [2.75, 3.05) is 12.4 Å². The van der Waals surface area contributed by atoms with E-state index in [-0.39, 0.29) is 52.7 Å². The molecular weight excluding hydrogens is 482 g/mol. The third-order valence-corrected chi connectivity index (χ3v) is 6.35. The monoisotopic (exact) mass is 516 g/mol. The van der Waals surface area contributed by atoms with Crippen LogP contribution in [0, 0.1) is 23.5 Å². The Morgan fingerprint density at radius 1 is 1.14 bits per heavy atom. The molecule has 1 aliphatic rings. The summed E-state index contributed by atoms with van der Waals surface area (Å²) in [4.78, 5) is 41.4. The molecule has 3 N–H and O–H groups in total. The van der Waals surface area contributed by atoms with E-state index in [1.165, 1.54) is 32.2 Å². The molecule has 3 amide bonds. The fourth-order valence-corrected chi connectivity index (χ4v) is 4.64. The molecule has 0 saturated heterocycles. The van der Waals surface area contributed by atoms with Crippen LogP contribution >= 0.6 is 0 Å². The molecule has 10 heteroatoms. The second-order valence-electron chi connectivity index (χ2n) is 9.83. The van der Waals surface area contributed by atoms with Gasteiger partial charge in [-0.25, -0.2) is 13.8 Å². The average molecular weight is 517 g/mol. The summed E-state index contributed by atoms with van der Waals surface area (Å²) in [5.41, 5.74) is 0.444. The molecule has 1 heterocycles. The van der Waals surface area contributed by atoms with Gasteiger partial charge in [-0.15, -0.1) is 0 Å². The summed E-state index contributed by atoms with van der Waals surface area (Å²) in [6, 6.07) is 4.30. The molecule has 1 fully saturated rings. The maximum atomic E-state index is 14.6. The molecule has 3 atom stereocenters. The molecule has 1 aliphatic carbocycles. The van der Waals surface area contributed by atoms with E-state index in [1.54, 1.807) is 0 Å². The molecule has 0 bridgehead atoms. The number of anilines is 1. The lowest BCUT2D eigenvalue weighted by molar-refractivity contribution is -0.129. The second kappa shape index (κ2) is 12.6. The Bertz CT molecular complexity index is 1140. The first-order valence-electron chi connectivity index (χ1n) is 12.4. The zero-order valence-corrected chi connectivity index (χ0v) is 21.6. The maximum Gasteiger partial charge on any atom is 0.242 e. The number of carbonyl (C=O) groups excluding carboxylic acids is 3. The predicted octanol–water partition coefficient (Wildman–Crippen LogP) is 4.20. The highest BCUT2D eigenvalue weighted by Gasteiger charge is 2.30. The Morgan fingerprint density at radius 3 is 2.57 bits per heavy atom. The van der Waals surface area contributed by atoms with E-state index >= 15 is 0 Å².